The van der Waals surface area contributed by atoms with Crippen molar-refractivity contribution in [3.63, 3.8) is 0 Å². The molecule has 6 nitrogen and oxygen atoms in total. The van der Waals surface area contributed by atoms with Crippen LogP contribution in [0, 0.1) is 0 Å². The highest BCUT2D eigenvalue weighted by molar-refractivity contribution is 7.89. The Bertz CT molecular complexity index is 673. The molecule has 24 heavy (non-hydrogen) atoms. The maximum absolute atomic E-state index is 12.6. The van der Waals surface area contributed by atoms with E-state index in [-0.39, 0.29) is 11.8 Å². The highest BCUT2D eigenvalue weighted by Crippen LogP contribution is 2.42. The minimum Gasteiger partial charge on any atom is -0.315 e. The van der Waals surface area contributed by atoms with E-state index in [1.165, 1.54) is 28.5 Å². The number of carbonyl (C=O) groups excluding carboxylic acids is 1. The van der Waals surface area contributed by atoms with Crippen molar-refractivity contribution in [3.05, 3.63) is 30.3 Å². The second-order valence-electron chi connectivity index (χ2n) is 4.62. The Morgan fingerprint density at radius 2 is 1.42 bits per heavy atom. The van der Waals surface area contributed by atoms with Crippen LogP contribution < -0.4 is 15.6 Å². The van der Waals surface area contributed by atoms with E-state index in [4.69, 9.17) is 0 Å². The first-order valence-electron chi connectivity index (χ1n) is 5.99. The molecule has 0 aliphatic heterocycles. The van der Waals surface area contributed by atoms with Crippen molar-refractivity contribution in [2.75, 3.05) is 0 Å². The van der Waals surface area contributed by atoms with E-state index in [0.717, 1.165) is 12.1 Å². The van der Waals surface area contributed by atoms with Crippen LogP contribution in [0.1, 0.15) is 6.92 Å². The molecule has 0 atom stereocenters. The maximum atomic E-state index is 12.6. The molecule has 0 aromatic heterocycles. The lowest BCUT2D eigenvalue weighted by molar-refractivity contribution is -0.297. The first-order valence-corrected chi connectivity index (χ1v) is 7.47. The highest BCUT2D eigenvalue weighted by Gasteiger charge is 2.68. The fraction of sp³-hybridized carbons (Fsp3) is 0.364. The molecule has 1 aromatic carbocycles. The van der Waals surface area contributed by atoms with E-state index in [9.17, 15) is 39.6 Å². The van der Waals surface area contributed by atoms with E-state index in [2.05, 4.69) is 0 Å². The molecule has 0 spiro atoms. The Balaban J connectivity index is 2.86. The summed E-state index contributed by atoms with van der Waals surface area (Å²) in [5.41, 5.74) is -3.33. The molecule has 1 rings (SSSR count). The van der Waals surface area contributed by atoms with E-state index in [1.807, 2.05) is 0 Å². The van der Waals surface area contributed by atoms with Gasteiger partial charge < -0.3 is 5.32 Å². The van der Waals surface area contributed by atoms with Gasteiger partial charge in [0.1, 0.15) is 0 Å². The van der Waals surface area contributed by atoms with Gasteiger partial charge in [-0.1, -0.05) is 18.2 Å². The molecule has 0 aliphatic carbocycles. The smallest absolute Gasteiger partial charge is 0.315 e. The number of carbonyl (C=O) groups is 1. The maximum Gasteiger partial charge on any atom is 0.420 e. The second kappa shape index (κ2) is 6.47. The van der Waals surface area contributed by atoms with E-state index < -0.39 is 33.9 Å². The summed E-state index contributed by atoms with van der Waals surface area (Å²) in [5.74, 6) is 0. The average Bonchev–Trinajstić information content (AvgIpc) is 2.44. The number of urea groups is 1. The lowest BCUT2D eigenvalue weighted by atomic mass is 10.0. The topological polar surface area (TPSA) is 87.3 Å². The van der Waals surface area contributed by atoms with Crippen molar-refractivity contribution >= 4 is 16.1 Å². The van der Waals surface area contributed by atoms with Crippen LogP contribution in [0.4, 0.5) is 31.1 Å². The zero-order chi connectivity index (χ0) is 18.8. The first kappa shape index (κ1) is 20.0. The van der Waals surface area contributed by atoms with Crippen LogP contribution in [-0.4, -0.2) is 32.3 Å². The average molecular weight is 379 g/mol. The fourth-order valence-electron chi connectivity index (χ4n) is 1.33. The summed E-state index contributed by atoms with van der Waals surface area (Å²) in [7, 11) is -4.37. The van der Waals surface area contributed by atoms with Crippen molar-refractivity contribution in [1.29, 1.82) is 0 Å². The number of rotatable bonds is 4. The predicted octanol–water partition coefficient (Wildman–Crippen LogP) is 2.06. The van der Waals surface area contributed by atoms with Gasteiger partial charge in [0, 0.05) is 0 Å². The number of halogens is 6. The normalized spacial score (nSPS) is 13.5. The molecule has 0 bridgehead atoms. The third kappa shape index (κ3) is 4.29. The molecule has 0 heterocycles. The van der Waals surface area contributed by atoms with Crippen LogP contribution in [0.25, 0.3) is 0 Å². The molecule has 0 saturated heterocycles. The number of nitrogens with one attached hydrogen (secondary N) is 3. The molecule has 2 amide bonds. The van der Waals surface area contributed by atoms with Gasteiger partial charge in [0.25, 0.3) is 10.0 Å². The number of hydrogen-bond acceptors (Lipinski definition) is 3. The summed E-state index contributed by atoms with van der Waals surface area (Å²) in [6.45, 7) is -0.293. The van der Waals surface area contributed by atoms with Gasteiger partial charge in [-0.3, -0.25) is 5.43 Å². The summed E-state index contributed by atoms with van der Waals surface area (Å²) in [5, 5.41) is 0.670. The van der Waals surface area contributed by atoms with Crippen molar-refractivity contribution < 1.29 is 39.6 Å². The summed E-state index contributed by atoms with van der Waals surface area (Å²) < 4.78 is 99.0. The summed E-state index contributed by atoms with van der Waals surface area (Å²) in [6, 6.07) is 4.26. The van der Waals surface area contributed by atoms with Gasteiger partial charge in [-0.05, 0) is 19.1 Å². The van der Waals surface area contributed by atoms with Gasteiger partial charge in [-0.15, -0.1) is 4.83 Å². The van der Waals surface area contributed by atoms with Gasteiger partial charge in [0.05, 0.1) is 4.90 Å². The number of sulfonamides is 1. The molecular weight excluding hydrogens is 368 g/mol. The van der Waals surface area contributed by atoms with Gasteiger partial charge in [-0.25, -0.2) is 13.2 Å². The zero-order valence-electron chi connectivity index (χ0n) is 11.8. The van der Waals surface area contributed by atoms with Crippen LogP contribution in [0.5, 0.6) is 0 Å². The monoisotopic (exact) mass is 379 g/mol. The van der Waals surface area contributed by atoms with Crippen molar-refractivity contribution in [3.8, 4) is 0 Å². The first-order chi connectivity index (χ1) is 10.7. The predicted molar refractivity (Wildman–Crippen MR) is 68.9 cm³/mol. The molecule has 13 heteroatoms. The van der Waals surface area contributed by atoms with Crippen LogP contribution in [0.3, 0.4) is 0 Å². The van der Waals surface area contributed by atoms with Crippen LogP contribution in [0.15, 0.2) is 35.2 Å². The summed E-state index contributed by atoms with van der Waals surface area (Å²) >= 11 is 0. The molecule has 136 valence electrons. The second-order valence-corrected chi connectivity index (χ2v) is 6.30. The minimum absolute atomic E-state index is 0.293. The fourth-order valence-corrected chi connectivity index (χ4v) is 2.19. The Hall–Kier alpha value is -2.02. The molecule has 3 N–H and O–H groups in total. The Morgan fingerprint density at radius 1 is 0.958 bits per heavy atom. The lowest BCUT2D eigenvalue weighted by Gasteiger charge is -2.34. The zero-order valence-corrected chi connectivity index (χ0v) is 12.6. The van der Waals surface area contributed by atoms with Crippen LogP contribution in [-0.2, 0) is 10.0 Å². The third-order valence-electron chi connectivity index (χ3n) is 2.85. The Morgan fingerprint density at radius 3 is 1.83 bits per heavy atom. The summed E-state index contributed by atoms with van der Waals surface area (Å²) in [4.78, 5) is 12.3. The Kier molecular flexibility index (Phi) is 5.40. The largest absolute Gasteiger partial charge is 0.420 e. The highest BCUT2D eigenvalue weighted by atomic mass is 32.2. The molecule has 0 saturated carbocycles. The molecular formula is C11H11F6N3O3S. The van der Waals surface area contributed by atoms with Gasteiger partial charge in [0.15, 0.2) is 0 Å². The number of benzene rings is 1. The number of hydrogen-bond donors (Lipinski definition) is 3. The minimum atomic E-state index is -5.86. The molecule has 0 radical (unpaired) electrons. The van der Waals surface area contributed by atoms with Gasteiger partial charge >= 0.3 is 18.4 Å². The van der Waals surface area contributed by atoms with Crippen molar-refractivity contribution in [2.24, 2.45) is 0 Å². The van der Waals surface area contributed by atoms with E-state index >= 15 is 0 Å². The number of amides is 2. The van der Waals surface area contributed by atoms with Crippen molar-refractivity contribution in [1.82, 2.24) is 15.6 Å². The standard InChI is InChI=1S/C11H11F6N3O3S/c1-9(10(12,13)14,11(15,16)17)18-8(21)19-20-24(22,23)7-5-3-2-4-6-7/h2-6,20H,1H3,(H2,18,19,21). The molecule has 0 aliphatic rings. The Labute approximate surface area is 132 Å². The van der Waals surface area contributed by atoms with E-state index in [0.29, 0.717) is 5.32 Å². The van der Waals surface area contributed by atoms with Crippen molar-refractivity contribution in [2.45, 2.75) is 29.7 Å². The van der Waals surface area contributed by atoms with Crippen LogP contribution >= 0.6 is 0 Å². The third-order valence-corrected chi connectivity index (χ3v) is 4.11. The van der Waals surface area contributed by atoms with E-state index in [1.54, 1.807) is 0 Å². The van der Waals surface area contributed by atoms with Gasteiger partial charge in [-0.2, -0.15) is 26.3 Å². The quantitative estimate of drug-likeness (QED) is 0.553. The summed E-state index contributed by atoms with van der Waals surface area (Å²) in [6.07, 6.45) is -11.7. The van der Waals surface area contributed by atoms with Gasteiger partial charge in [0.2, 0.25) is 5.54 Å². The number of hydrazine groups is 1. The molecule has 0 unspecified atom stereocenters. The molecule has 0 fully saturated rings. The SMILES string of the molecule is CC(NC(=O)NNS(=O)(=O)c1ccccc1)(C(F)(F)F)C(F)(F)F. The number of alkyl halides is 6. The van der Waals surface area contributed by atoms with Crippen LogP contribution in [0.2, 0.25) is 0 Å². The lowest BCUT2D eigenvalue weighted by Crippen LogP contribution is -2.67. The molecule has 1 aromatic rings.